The molecule has 3 aromatic carbocycles. The molecule has 0 radical (unpaired) electrons. The molecule has 0 bridgehead atoms. The van der Waals surface area contributed by atoms with Crippen molar-refractivity contribution in [3.63, 3.8) is 0 Å². The largest absolute Gasteiger partial charge is 0.343 e. The van der Waals surface area contributed by atoms with Gasteiger partial charge in [-0.15, -0.1) is 11.8 Å². The zero-order chi connectivity index (χ0) is 18.7. The summed E-state index contributed by atoms with van der Waals surface area (Å²) in [5.74, 6) is -0.122. The minimum absolute atomic E-state index is 0.0249. The van der Waals surface area contributed by atoms with Crippen molar-refractivity contribution in [1.82, 2.24) is 5.32 Å². The van der Waals surface area contributed by atoms with E-state index in [1.54, 1.807) is 11.8 Å². The first-order valence-electron chi connectivity index (χ1n) is 9.10. The quantitative estimate of drug-likeness (QED) is 0.510. The van der Waals surface area contributed by atoms with Crippen LogP contribution >= 0.6 is 11.8 Å². The van der Waals surface area contributed by atoms with E-state index in [4.69, 9.17) is 5.73 Å². The summed E-state index contributed by atoms with van der Waals surface area (Å²) in [7, 11) is 0. The molecule has 2 atom stereocenters. The van der Waals surface area contributed by atoms with Crippen LogP contribution in [-0.2, 0) is 9.54 Å². The van der Waals surface area contributed by atoms with E-state index in [-0.39, 0.29) is 17.2 Å². The third-order valence-corrected chi connectivity index (χ3v) is 6.85. The Kier molecular flexibility index (Phi) is 5.01. The van der Waals surface area contributed by atoms with Crippen LogP contribution in [0.4, 0.5) is 0 Å². The van der Waals surface area contributed by atoms with E-state index < -0.39 is 4.75 Å². The second kappa shape index (κ2) is 7.59. The van der Waals surface area contributed by atoms with E-state index >= 15 is 0 Å². The number of benzene rings is 3. The Balaban J connectivity index is 1.91. The lowest BCUT2D eigenvalue weighted by molar-refractivity contribution is -0.131. The number of β-lactam (4-membered cyclic amide) rings is 1. The first-order valence-corrected chi connectivity index (χ1v) is 9.98. The molecule has 3 aromatic rings. The van der Waals surface area contributed by atoms with Gasteiger partial charge in [-0.1, -0.05) is 91.0 Å². The fourth-order valence-electron chi connectivity index (χ4n) is 3.64. The summed E-state index contributed by atoms with van der Waals surface area (Å²) in [5, 5.41) is 3.03. The van der Waals surface area contributed by atoms with Crippen molar-refractivity contribution in [1.29, 1.82) is 0 Å². The molecule has 136 valence electrons. The molecule has 1 saturated heterocycles. The lowest BCUT2D eigenvalue weighted by Gasteiger charge is -2.44. The number of carbonyl (C=O) groups excluding carboxylic acids is 1. The minimum atomic E-state index is -0.435. The smallest absolute Gasteiger partial charge is 0.228 e. The molecule has 2 unspecified atom stereocenters. The van der Waals surface area contributed by atoms with Gasteiger partial charge in [-0.3, -0.25) is 4.79 Å². The van der Waals surface area contributed by atoms with Crippen LogP contribution in [0.1, 0.15) is 16.7 Å². The molecule has 3 nitrogen and oxygen atoms in total. The third-order valence-electron chi connectivity index (χ3n) is 5.09. The average Bonchev–Trinajstić information content (AvgIpc) is 2.73. The van der Waals surface area contributed by atoms with Gasteiger partial charge in [0, 0.05) is 6.54 Å². The standard InChI is InChI=1S/C23H22N2OS/c24-16-20-21(26)25-22(20)27-23(17-10-4-1-5-11-17,18-12-6-2-7-13-18)19-14-8-3-9-15-19/h1-15,20,22H,16,24H2,(H,25,26). The summed E-state index contributed by atoms with van der Waals surface area (Å²) in [4.78, 5) is 12.0. The molecule has 4 heteroatoms. The Bertz CT molecular complexity index is 803. The summed E-state index contributed by atoms with van der Waals surface area (Å²) >= 11 is 1.76. The normalized spacial score (nSPS) is 19.2. The lowest BCUT2D eigenvalue weighted by Crippen LogP contribution is -2.60. The fraction of sp³-hybridized carbons (Fsp3) is 0.174. The molecule has 0 saturated carbocycles. The van der Waals surface area contributed by atoms with Crippen LogP contribution in [0.2, 0.25) is 0 Å². The van der Waals surface area contributed by atoms with E-state index in [1.807, 2.05) is 18.2 Å². The zero-order valence-electron chi connectivity index (χ0n) is 14.9. The van der Waals surface area contributed by atoms with Gasteiger partial charge in [0.1, 0.15) is 0 Å². The number of thioether (sulfide) groups is 1. The number of hydrogen-bond donors (Lipinski definition) is 2. The summed E-state index contributed by atoms with van der Waals surface area (Å²) < 4.78 is -0.435. The van der Waals surface area contributed by atoms with Crippen molar-refractivity contribution in [2.75, 3.05) is 6.54 Å². The maximum absolute atomic E-state index is 12.0. The first kappa shape index (κ1) is 17.8. The van der Waals surface area contributed by atoms with Gasteiger partial charge < -0.3 is 11.1 Å². The molecule has 1 aliphatic heterocycles. The van der Waals surface area contributed by atoms with Gasteiger partial charge in [-0.25, -0.2) is 0 Å². The summed E-state index contributed by atoms with van der Waals surface area (Å²) in [6, 6.07) is 31.4. The van der Waals surface area contributed by atoms with Gasteiger partial charge >= 0.3 is 0 Å². The van der Waals surface area contributed by atoms with E-state index in [2.05, 4.69) is 78.1 Å². The van der Waals surface area contributed by atoms with Crippen LogP contribution in [0.5, 0.6) is 0 Å². The van der Waals surface area contributed by atoms with E-state index in [0.29, 0.717) is 6.54 Å². The number of amides is 1. The predicted molar refractivity (Wildman–Crippen MR) is 111 cm³/mol. The average molecular weight is 375 g/mol. The van der Waals surface area contributed by atoms with Crippen molar-refractivity contribution >= 4 is 17.7 Å². The Morgan fingerprint density at radius 1 is 0.778 bits per heavy atom. The Morgan fingerprint density at radius 2 is 1.19 bits per heavy atom. The molecule has 0 spiro atoms. The maximum Gasteiger partial charge on any atom is 0.228 e. The molecule has 3 N–H and O–H groups in total. The monoisotopic (exact) mass is 374 g/mol. The fourth-order valence-corrected chi connectivity index (χ4v) is 5.42. The Hall–Kier alpha value is -2.56. The zero-order valence-corrected chi connectivity index (χ0v) is 15.7. The van der Waals surface area contributed by atoms with Gasteiger partial charge in [0.25, 0.3) is 0 Å². The van der Waals surface area contributed by atoms with Crippen LogP contribution in [0.15, 0.2) is 91.0 Å². The Morgan fingerprint density at radius 3 is 1.52 bits per heavy atom. The molecule has 1 fully saturated rings. The lowest BCUT2D eigenvalue weighted by atomic mass is 9.84. The second-order valence-electron chi connectivity index (χ2n) is 6.67. The third kappa shape index (κ3) is 3.15. The predicted octanol–water partition coefficient (Wildman–Crippen LogP) is 3.74. The molecule has 4 rings (SSSR count). The van der Waals surface area contributed by atoms with Crippen LogP contribution in [0.25, 0.3) is 0 Å². The number of hydrogen-bond acceptors (Lipinski definition) is 3. The minimum Gasteiger partial charge on any atom is -0.343 e. The van der Waals surface area contributed by atoms with Crippen molar-refractivity contribution < 1.29 is 4.79 Å². The molecular weight excluding hydrogens is 352 g/mol. The molecule has 0 aromatic heterocycles. The highest BCUT2D eigenvalue weighted by Crippen LogP contribution is 2.51. The van der Waals surface area contributed by atoms with Crippen LogP contribution in [-0.4, -0.2) is 17.8 Å². The van der Waals surface area contributed by atoms with Gasteiger partial charge in [-0.2, -0.15) is 0 Å². The molecule has 1 heterocycles. The number of nitrogens with one attached hydrogen (secondary N) is 1. The topological polar surface area (TPSA) is 55.1 Å². The van der Waals surface area contributed by atoms with Crippen LogP contribution < -0.4 is 11.1 Å². The first-order chi connectivity index (χ1) is 13.3. The summed E-state index contributed by atoms with van der Waals surface area (Å²) in [5.41, 5.74) is 9.43. The van der Waals surface area contributed by atoms with Gasteiger partial charge in [0.2, 0.25) is 5.91 Å². The highest BCUT2D eigenvalue weighted by atomic mass is 32.2. The van der Waals surface area contributed by atoms with Gasteiger partial charge in [-0.05, 0) is 16.7 Å². The van der Waals surface area contributed by atoms with Crippen molar-refractivity contribution in [3.8, 4) is 0 Å². The number of carbonyl (C=O) groups is 1. The highest BCUT2D eigenvalue weighted by Gasteiger charge is 2.47. The summed E-state index contributed by atoms with van der Waals surface area (Å²) in [6.45, 7) is 0.359. The number of nitrogens with two attached hydrogens (primary N) is 1. The second-order valence-corrected chi connectivity index (χ2v) is 8.02. The van der Waals surface area contributed by atoms with Crippen molar-refractivity contribution in [2.45, 2.75) is 10.1 Å². The van der Waals surface area contributed by atoms with E-state index in [9.17, 15) is 4.79 Å². The maximum atomic E-state index is 12.0. The SMILES string of the molecule is NCC1C(=O)NC1SC(c1ccccc1)(c1ccccc1)c1ccccc1. The van der Waals surface area contributed by atoms with Crippen LogP contribution in [0.3, 0.4) is 0 Å². The van der Waals surface area contributed by atoms with Gasteiger partial charge in [0.05, 0.1) is 16.0 Å². The molecule has 0 aliphatic carbocycles. The molecule has 1 amide bonds. The van der Waals surface area contributed by atoms with Crippen molar-refractivity contribution in [2.24, 2.45) is 11.7 Å². The molecule has 27 heavy (non-hydrogen) atoms. The Labute approximate surface area is 164 Å². The van der Waals surface area contributed by atoms with Crippen molar-refractivity contribution in [3.05, 3.63) is 108 Å². The number of rotatable bonds is 6. The highest BCUT2D eigenvalue weighted by molar-refractivity contribution is 8.01. The molecular formula is C23H22N2OS. The van der Waals surface area contributed by atoms with Crippen LogP contribution in [0, 0.1) is 5.92 Å². The van der Waals surface area contributed by atoms with E-state index in [0.717, 1.165) is 0 Å². The summed E-state index contributed by atoms with van der Waals surface area (Å²) in [6.07, 6.45) is 0. The van der Waals surface area contributed by atoms with E-state index in [1.165, 1.54) is 16.7 Å². The van der Waals surface area contributed by atoms with Gasteiger partial charge in [0.15, 0.2) is 0 Å². The molecule has 1 aliphatic rings.